The van der Waals surface area contributed by atoms with Crippen molar-refractivity contribution in [1.82, 2.24) is 24.3 Å². The van der Waals surface area contributed by atoms with Crippen LogP contribution in [-0.4, -0.2) is 67.0 Å². The van der Waals surface area contributed by atoms with Crippen molar-refractivity contribution in [3.8, 4) is 0 Å². The number of amides is 2. The molecule has 3 aliphatic rings. The predicted molar refractivity (Wildman–Crippen MR) is 140 cm³/mol. The number of anilines is 2. The van der Waals surface area contributed by atoms with E-state index in [0.29, 0.717) is 41.1 Å². The second-order valence-corrected chi connectivity index (χ2v) is 10.9. The molecule has 1 N–H and O–H groups in total. The summed E-state index contributed by atoms with van der Waals surface area (Å²) in [5.74, 6) is -0.949. The molecule has 0 aliphatic carbocycles. The summed E-state index contributed by atoms with van der Waals surface area (Å²) in [6, 6.07) is 4.92. The van der Waals surface area contributed by atoms with Gasteiger partial charge in [0, 0.05) is 43.9 Å². The SMILES string of the molecule is Cc1cn2cc(NC(=O)c3ccc(N4CC5CC(C4)N5C(=O)OC(C)(C)C)c4nccnc34)cc(F)c2n1. The van der Waals surface area contributed by atoms with Crippen LogP contribution in [0.4, 0.5) is 20.6 Å². The second kappa shape index (κ2) is 8.64. The number of benzene rings is 1. The van der Waals surface area contributed by atoms with Crippen molar-refractivity contribution in [2.24, 2.45) is 0 Å². The Hall–Kier alpha value is -4.28. The normalized spacial score (nSPS) is 19.0. The number of carbonyl (C=O) groups is 2. The van der Waals surface area contributed by atoms with Gasteiger partial charge in [0.25, 0.3) is 5.91 Å². The Balaban J connectivity index is 1.25. The molecule has 2 bridgehead atoms. The number of fused-ring (bicyclic) bond motifs is 4. The highest BCUT2D eigenvalue weighted by molar-refractivity contribution is 6.13. The van der Waals surface area contributed by atoms with Gasteiger partial charge in [-0.2, -0.15) is 0 Å². The molecule has 0 radical (unpaired) electrons. The molecule has 3 saturated heterocycles. The van der Waals surface area contributed by atoms with Crippen molar-refractivity contribution in [3.05, 3.63) is 60.1 Å². The molecule has 4 aromatic rings. The molecular weight excluding hydrogens is 489 g/mol. The average Bonchev–Trinajstić information content (AvgIpc) is 3.22. The van der Waals surface area contributed by atoms with Crippen LogP contribution in [0, 0.1) is 12.7 Å². The Labute approximate surface area is 218 Å². The average molecular weight is 518 g/mol. The Morgan fingerprint density at radius 2 is 1.79 bits per heavy atom. The van der Waals surface area contributed by atoms with Gasteiger partial charge in [0.1, 0.15) is 16.6 Å². The third kappa shape index (κ3) is 4.17. The number of nitrogens with one attached hydrogen (secondary N) is 1. The second-order valence-electron chi connectivity index (χ2n) is 10.9. The summed E-state index contributed by atoms with van der Waals surface area (Å²) in [6.07, 6.45) is 7.09. The van der Waals surface area contributed by atoms with E-state index in [0.717, 1.165) is 12.1 Å². The highest BCUT2D eigenvalue weighted by atomic mass is 19.1. The van der Waals surface area contributed by atoms with E-state index in [9.17, 15) is 14.0 Å². The quantitative estimate of drug-likeness (QED) is 0.435. The third-order valence-electron chi connectivity index (χ3n) is 6.87. The van der Waals surface area contributed by atoms with Crippen molar-refractivity contribution in [3.63, 3.8) is 0 Å². The Kier molecular flexibility index (Phi) is 5.48. The van der Waals surface area contributed by atoms with Gasteiger partial charge in [-0.15, -0.1) is 0 Å². The number of aryl methyl sites for hydroxylation is 1. The molecule has 3 aromatic heterocycles. The lowest BCUT2D eigenvalue weighted by molar-refractivity contribution is -0.0379. The van der Waals surface area contributed by atoms with E-state index in [2.05, 4.69) is 25.2 Å². The number of nitrogens with zero attached hydrogens (tertiary/aromatic N) is 6. The molecule has 1 aromatic carbocycles. The standard InChI is InChI=1S/C27H28FN7O3/c1-15-11-34-12-16(9-20(28)24(34)31-15)32-25(36)19-5-6-21(23-22(19)29-7-8-30-23)33-13-17-10-18(14-33)35(17)26(37)38-27(2,3)4/h5-9,11-12,17-18H,10,13-14H2,1-4H3,(H,32,36). The highest BCUT2D eigenvalue weighted by Gasteiger charge is 2.49. The molecule has 196 valence electrons. The van der Waals surface area contributed by atoms with Gasteiger partial charge in [0.15, 0.2) is 11.5 Å². The van der Waals surface area contributed by atoms with Gasteiger partial charge in [0.2, 0.25) is 0 Å². The zero-order chi connectivity index (χ0) is 26.8. The van der Waals surface area contributed by atoms with E-state index in [1.54, 1.807) is 42.2 Å². The first-order valence-electron chi connectivity index (χ1n) is 12.5. The summed E-state index contributed by atoms with van der Waals surface area (Å²) in [6.45, 7) is 8.64. The first-order valence-corrected chi connectivity index (χ1v) is 12.5. The lowest BCUT2D eigenvalue weighted by Gasteiger charge is -2.56. The van der Waals surface area contributed by atoms with Crippen molar-refractivity contribution >= 4 is 40.1 Å². The largest absolute Gasteiger partial charge is 0.444 e. The van der Waals surface area contributed by atoms with E-state index in [-0.39, 0.29) is 23.8 Å². The summed E-state index contributed by atoms with van der Waals surface area (Å²) in [4.78, 5) is 43.1. The van der Waals surface area contributed by atoms with Crippen LogP contribution in [0.5, 0.6) is 0 Å². The number of halogens is 1. The first kappa shape index (κ1) is 24.1. The van der Waals surface area contributed by atoms with Crippen LogP contribution >= 0.6 is 0 Å². The minimum absolute atomic E-state index is 0.0509. The maximum atomic E-state index is 14.5. The zero-order valence-corrected chi connectivity index (χ0v) is 21.6. The third-order valence-corrected chi connectivity index (χ3v) is 6.87. The molecule has 6 heterocycles. The Morgan fingerprint density at radius 3 is 2.50 bits per heavy atom. The summed E-state index contributed by atoms with van der Waals surface area (Å²) in [5, 5.41) is 2.78. The molecule has 2 unspecified atom stereocenters. The summed E-state index contributed by atoms with van der Waals surface area (Å²) < 4.78 is 21.7. The number of hydrogen-bond donors (Lipinski definition) is 1. The number of ether oxygens (including phenoxy) is 1. The van der Waals surface area contributed by atoms with Crippen LogP contribution in [0.15, 0.2) is 43.0 Å². The number of piperidine rings is 1. The number of rotatable bonds is 3. The van der Waals surface area contributed by atoms with Crippen molar-refractivity contribution in [1.29, 1.82) is 0 Å². The van der Waals surface area contributed by atoms with Gasteiger partial charge in [-0.25, -0.2) is 14.2 Å². The van der Waals surface area contributed by atoms with Gasteiger partial charge in [-0.1, -0.05) is 0 Å². The molecule has 38 heavy (non-hydrogen) atoms. The molecule has 2 atom stereocenters. The Bertz CT molecular complexity index is 1580. The fraction of sp³-hybridized carbons (Fsp3) is 0.370. The fourth-order valence-corrected chi connectivity index (χ4v) is 5.35. The van der Waals surface area contributed by atoms with Crippen molar-refractivity contribution in [2.45, 2.75) is 51.8 Å². The number of aromatic nitrogens is 4. The number of imidazole rings is 1. The van der Waals surface area contributed by atoms with Gasteiger partial charge < -0.3 is 19.4 Å². The van der Waals surface area contributed by atoms with E-state index in [1.165, 1.54) is 6.07 Å². The number of hydrogen-bond acceptors (Lipinski definition) is 7. The van der Waals surface area contributed by atoms with Crippen molar-refractivity contribution < 1.29 is 18.7 Å². The number of pyridine rings is 1. The lowest BCUT2D eigenvalue weighted by atomic mass is 9.87. The summed E-state index contributed by atoms with van der Waals surface area (Å²) in [5.41, 5.74) is 2.86. The van der Waals surface area contributed by atoms with Crippen LogP contribution in [0.1, 0.15) is 43.2 Å². The smallest absolute Gasteiger partial charge is 0.410 e. The molecule has 0 spiro atoms. The maximum Gasteiger partial charge on any atom is 0.410 e. The van der Waals surface area contributed by atoms with Crippen LogP contribution < -0.4 is 10.2 Å². The van der Waals surface area contributed by atoms with Gasteiger partial charge in [-0.3, -0.25) is 19.7 Å². The monoisotopic (exact) mass is 517 g/mol. The van der Waals surface area contributed by atoms with Gasteiger partial charge in [-0.05, 0) is 46.2 Å². The van der Waals surface area contributed by atoms with Crippen LogP contribution in [0.25, 0.3) is 16.7 Å². The van der Waals surface area contributed by atoms with E-state index >= 15 is 0 Å². The maximum absolute atomic E-state index is 14.5. The predicted octanol–water partition coefficient (Wildman–Crippen LogP) is 4.18. The molecule has 7 rings (SSSR count). The minimum Gasteiger partial charge on any atom is -0.444 e. The molecule has 2 amide bonds. The molecular formula is C27H28FN7O3. The summed E-state index contributed by atoms with van der Waals surface area (Å²) in [7, 11) is 0. The topological polar surface area (TPSA) is 105 Å². The summed E-state index contributed by atoms with van der Waals surface area (Å²) >= 11 is 0. The highest BCUT2D eigenvalue weighted by Crippen LogP contribution is 2.38. The van der Waals surface area contributed by atoms with Crippen LogP contribution in [0.3, 0.4) is 0 Å². The number of carbonyl (C=O) groups excluding carboxylic acids is 2. The van der Waals surface area contributed by atoms with Crippen LogP contribution in [0.2, 0.25) is 0 Å². The molecule has 0 saturated carbocycles. The van der Waals surface area contributed by atoms with Crippen LogP contribution in [-0.2, 0) is 4.74 Å². The molecule has 3 fully saturated rings. The molecule has 11 heteroatoms. The van der Waals surface area contributed by atoms with E-state index in [4.69, 9.17) is 4.74 Å². The van der Waals surface area contributed by atoms with E-state index < -0.39 is 17.3 Å². The Morgan fingerprint density at radius 1 is 1.08 bits per heavy atom. The van der Waals surface area contributed by atoms with E-state index in [1.807, 2.05) is 31.7 Å². The lowest BCUT2D eigenvalue weighted by Crippen LogP contribution is -2.70. The zero-order valence-electron chi connectivity index (χ0n) is 21.6. The van der Waals surface area contributed by atoms with Crippen molar-refractivity contribution in [2.75, 3.05) is 23.3 Å². The molecule has 10 nitrogen and oxygen atoms in total. The number of piperazine rings is 1. The van der Waals surface area contributed by atoms with Gasteiger partial charge in [0.05, 0.1) is 34.7 Å². The first-order chi connectivity index (χ1) is 18.1. The fourth-order valence-electron chi connectivity index (χ4n) is 5.35. The minimum atomic E-state index is -0.544. The van der Waals surface area contributed by atoms with Gasteiger partial charge >= 0.3 is 6.09 Å². The molecule has 3 aliphatic heterocycles.